The summed E-state index contributed by atoms with van der Waals surface area (Å²) in [7, 11) is 0. The zero-order valence-electron chi connectivity index (χ0n) is 22.3. The van der Waals surface area contributed by atoms with Crippen molar-refractivity contribution in [3.05, 3.63) is 94.5 Å². The lowest BCUT2D eigenvalue weighted by atomic mass is 9.88. The number of ether oxygens (including phenoxy) is 3. The third kappa shape index (κ3) is 7.60. The van der Waals surface area contributed by atoms with Gasteiger partial charge in [0.05, 0.1) is 16.5 Å². The number of hydrogen-bond donors (Lipinski definition) is 0. The molecular weight excluding hydrogens is 518 g/mol. The van der Waals surface area contributed by atoms with E-state index in [4.69, 9.17) is 25.8 Å². The van der Waals surface area contributed by atoms with E-state index in [1.54, 1.807) is 26.8 Å². The predicted octanol–water partition coefficient (Wildman–Crippen LogP) is 6.51. The molecule has 0 aromatic heterocycles. The highest BCUT2D eigenvalue weighted by molar-refractivity contribution is 6.32. The number of carbonyl (C=O) groups is 3. The molecule has 1 heterocycles. The van der Waals surface area contributed by atoms with E-state index in [2.05, 4.69) is 0 Å². The van der Waals surface area contributed by atoms with Crippen molar-refractivity contribution < 1.29 is 28.6 Å². The van der Waals surface area contributed by atoms with Crippen molar-refractivity contribution in [3.63, 3.8) is 0 Å². The molecule has 1 aliphatic heterocycles. The quantitative estimate of drug-likeness (QED) is 0.235. The number of amides is 1. The van der Waals surface area contributed by atoms with Gasteiger partial charge in [0.15, 0.2) is 5.78 Å². The molecule has 0 bridgehead atoms. The van der Waals surface area contributed by atoms with Gasteiger partial charge < -0.3 is 19.1 Å². The van der Waals surface area contributed by atoms with E-state index in [0.717, 1.165) is 11.1 Å². The summed E-state index contributed by atoms with van der Waals surface area (Å²) in [6, 6.07) is 22.2. The van der Waals surface area contributed by atoms with Crippen LogP contribution in [-0.2, 0) is 22.7 Å². The smallest absolute Gasteiger partial charge is 0.410 e. The zero-order chi connectivity index (χ0) is 28.0. The van der Waals surface area contributed by atoms with Crippen LogP contribution < -0.4 is 9.47 Å². The van der Waals surface area contributed by atoms with Gasteiger partial charge in [0.1, 0.15) is 36.1 Å². The number of benzene rings is 3. The number of ketones is 2. The summed E-state index contributed by atoms with van der Waals surface area (Å²) in [6.07, 6.45) is -0.502. The monoisotopic (exact) mass is 549 g/mol. The summed E-state index contributed by atoms with van der Waals surface area (Å²) in [5.41, 5.74) is 1.32. The maximum atomic E-state index is 13.8. The first-order valence-corrected chi connectivity index (χ1v) is 13.2. The van der Waals surface area contributed by atoms with Gasteiger partial charge in [-0.3, -0.25) is 9.59 Å². The van der Waals surface area contributed by atoms with Crippen LogP contribution >= 0.6 is 11.6 Å². The Hall–Kier alpha value is -3.84. The SMILES string of the molecule is CC(C)(C)OC(=O)N1CCC(=O)C(C(=O)c2cc(Cl)c(OCc3ccccc3)cc2OCc2ccccc2)C1. The Kier molecular flexibility index (Phi) is 8.92. The molecule has 0 radical (unpaired) electrons. The molecule has 1 aliphatic rings. The second kappa shape index (κ2) is 12.3. The average Bonchev–Trinajstić information content (AvgIpc) is 2.91. The maximum Gasteiger partial charge on any atom is 0.410 e. The van der Waals surface area contributed by atoms with E-state index in [1.165, 1.54) is 11.0 Å². The van der Waals surface area contributed by atoms with E-state index < -0.39 is 23.4 Å². The average molecular weight is 550 g/mol. The van der Waals surface area contributed by atoms with E-state index >= 15 is 0 Å². The van der Waals surface area contributed by atoms with Gasteiger partial charge in [-0.1, -0.05) is 72.3 Å². The van der Waals surface area contributed by atoms with Gasteiger partial charge in [0.25, 0.3) is 0 Å². The fraction of sp³-hybridized carbons (Fsp3) is 0.323. The van der Waals surface area contributed by atoms with Crippen LogP contribution in [0.3, 0.4) is 0 Å². The maximum absolute atomic E-state index is 13.8. The molecule has 1 fully saturated rings. The zero-order valence-corrected chi connectivity index (χ0v) is 23.1. The number of likely N-dealkylation sites (tertiary alicyclic amines) is 1. The van der Waals surface area contributed by atoms with Crippen molar-refractivity contribution >= 4 is 29.3 Å². The third-order valence-corrected chi connectivity index (χ3v) is 6.46. The van der Waals surface area contributed by atoms with E-state index in [9.17, 15) is 14.4 Å². The Labute approximate surface area is 233 Å². The molecule has 39 heavy (non-hydrogen) atoms. The number of piperidine rings is 1. The fourth-order valence-corrected chi connectivity index (χ4v) is 4.39. The molecule has 1 saturated heterocycles. The first-order chi connectivity index (χ1) is 18.6. The molecule has 3 aromatic rings. The standard InChI is InChI=1S/C31H32ClNO6/c1-31(2,3)39-30(36)33-15-14-26(34)24(18-33)29(35)23-16-25(32)28(38-20-22-12-8-5-9-13-22)17-27(23)37-19-21-10-6-4-7-11-21/h4-13,16-17,24H,14-15,18-20H2,1-3H3. The van der Waals surface area contributed by atoms with Crippen molar-refractivity contribution in [2.75, 3.05) is 13.1 Å². The van der Waals surface area contributed by atoms with E-state index in [0.29, 0.717) is 5.75 Å². The van der Waals surface area contributed by atoms with Crippen LogP contribution in [0.1, 0.15) is 48.7 Å². The van der Waals surface area contributed by atoms with E-state index in [1.807, 2.05) is 60.7 Å². The lowest BCUT2D eigenvalue weighted by molar-refractivity contribution is -0.124. The highest BCUT2D eigenvalue weighted by Crippen LogP contribution is 2.36. The summed E-state index contributed by atoms with van der Waals surface area (Å²) < 4.78 is 17.5. The van der Waals surface area contributed by atoms with Crippen molar-refractivity contribution in [1.29, 1.82) is 0 Å². The van der Waals surface area contributed by atoms with Crippen molar-refractivity contribution in [3.8, 4) is 11.5 Å². The number of halogens is 1. The van der Waals surface area contributed by atoms with Crippen LogP contribution in [0.5, 0.6) is 11.5 Å². The summed E-state index contributed by atoms with van der Waals surface area (Å²) in [4.78, 5) is 40.7. The van der Waals surface area contributed by atoms with Gasteiger partial charge in [-0.15, -0.1) is 0 Å². The van der Waals surface area contributed by atoms with Gasteiger partial charge in [-0.2, -0.15) is 0 Å². The van der Waals surface area contributed by atoms with Gasteiger partial charge in [-0.25, -0.2) is 4.79 Å². The topological polar surface area (TPSA) is 82.1 Å². The molecule has 0 spiro atoms. The number of Topliss-reactive ketones (excluding diaryl/α,β-unsaturated/α-hetero) is 2. The number of hydrogen-bond acceptors (Lipinski definition) is 6. The summed E-state index contributed by atoms with van der Waals surface area (Å²) in [5.74, 6) is -1.16. The first-order valence-electron chi connectivity index (χ1n) is 12.8. The lowest BCUT2D eigenvalue weighted by Gasteiger charge is -2.33. The molecular formula is C31H32ClNO6. The number of carbonyl (C=O) groups excluding carboxylic acids is 3. The third-order valence-electron chi connectivity index (χ3n) is 6.16. The Morgan fingerprint density at radius 3 is 2.03 bits per heavy atom. The van der Waals surface area contributed by atoms with Crippen LogP contribution in [0, 0.1) is 5.92 Å². The number of nitrogens with zero attached hydrogens (tertiary/aromatic N) is 1. The van der Waals surface area contributed by atoms with Crippen molar-refractivity contribution in [2.45, 2.75) is 46.0 Å². The molecule has 7 nitrogen and oxygen atoms in total. The van der Waals surface area contributed by atoms with Gasteiger partial charge in [0.2, 0.25) is 0 Å². The molecule has 0 saturated carbocycles. The Morgan fingerprint density at radius 2 is 1.46 bits per heavy atom. The highest BCUT2D eigenvalue weighted by atomic mass is 35.5. The summed E-state index contributed by atoms with van der Waals surface area (Å²) in [5, 5.41) is 0.216. The summed E-state index contributed by atoms with van der Waals surface area (Å²) >= 11 is 6.55. The minimum Gasteiger partial charge on any atom is -0.488 e. The fourth-order valence-electron chi connectivity index (χ4n) is 4.17. The van der Waals surface area contributed by atoms with Gasteiger partial charge >= 0.3 is 6.09 Å². The second-order valence-corrected chi connectivity index (χ2v) is 10.8. The Bertz CT molecular complexity index is 1320. The normalized spacial score (nSPS) is 15.5. The Balaban J connectivity index is 1.60. The molecule has 8 heteroatoms. The minimum atomic E-state index is -1.06. The first kappa shape index (κ1) is 28.2. The summed E-state index contributed by atoms with van der Waals surface area (Å²) in [6.45, 7) is 5.89. The molecule has 0 N–H and O–H groups in total. The predicted molar refractivity (Wildman–Crippen MR) is 148 cm³/mol. The van der Waals surface area contributed by atoms with Gasteiger partial charge in [-0.05, 0) is 38.0 Å². The van der Waals surface area contributed by atoms with Crippen LogP contribution in [0.25, 0.3) is 0 Å². The molecule has 204 valence electrons. The molecule has 4 rings (SSSR count). The Morgan fingerprint density at radius 1 is 0.897 bits per heavy atom. The molecule has 0 aliphatic carbocycles. The molecule has 1 atom stereocenters. The van der Waals surface area contributed by atoms with Crippen LogP contribution in [0.15, 0.2) is 72.8 Å². The molecule has 1 unspecified atom stereocenters. The van der Waals surface area contributed by atoms with Crippen LogP contribution in [0.4, 0.5) is 4.79 Å². The minimum absolute atomic E-state index is 0.0574. The highest BCUT2D eigenvalue weighted by Gasteiger charge is 2.38. The van der Waals surface area contributed by atoms with E-state index in [-0.39, 0.29) is 54.8 Å². The van der Waals surface area contributed by atoms with Crippen LogP contribution in [0.2, 0.25) is 5.02 Å². The molecule has 1 amide bonds. The largest absolute Gasteiger partial charge is 0.488 e. The van der Waals surface area contributed by atoms with Crippen molar-refractivity contribution in [1.82, 2.24) is 4.90 Å². The van der Waals surface area contributed by atoms with Crippen molar-refractivity contribution in [2.24, 2.45) is 5.92 Å². The van der Waals surface area contributed by atoms with Crippen LogP contribution in [-0.4, -0.2) is 41.3 Å². The second-order valence-electron chi connectivity index (χ2n) is 10.4. The number of rotatable bonds is 8. The lowest BCUT2D eigenvalue weighted by Crippen LogP contribution is -2.48. The van der Waals surface area contributed by atoms with Gasteiger partial charge in [0, 0.05) is 25.6 Å². The molecule has 3 aromatic carbocycles.